The number of hydrogen-bond donors (Lipinski definition) is 1. The SMILES string of the molecule is O=C(CCNCc1ccc(OCCc2ccc(OCc3ccccc3)cc2)cc1)OC(=O)C(F)(F)F. The number of rotatable bonds is 12. The highest BCUT2D eigenvalue weighted by atomic mass is 19.4. The lowest BCUT2D eigenvalue weighted by molar-refractivity contribution is -0.201. The zero-order valence-electron chi connectivity index (χ0n) is 19.4. The summed E-state index contributed by atoms with van der Waals surface area (Å²) in [6.45, 7) is 1.47. The minimum absolute atomic E-state index is 0.0678. The molecule has 3 aromatic rings. The Hall–Kier alpha value is -3.85. The summed E-state index contributed by atoms with van der Waals surface area (Å²) in [6.07, 6.45) is -4.81. The summed E-state index contributed by atoms with van der Waals surface area (Å²) in [7, 11) is 0. The summed E-state index contributed by atoms with van der Waals surface area (Å²) >= 11 is 0. The van der Waals surface area contributed by atoms with Crippen molar-refractivity contribution in [3.8, 4) is 11.5 Å². The minimum atomic E-state index is -5.19. The highest BCUT2D eigenvalue weighted by molar-refractivity contribution is 5.88. The monoisotopic (exact) mass is 501 g/mol. The molecule has 0 unspecified atom stereocenters. The Morgan fingerprint density at radius 2 is 1.36 bits per heavy atom. The number of halogens is 3. The van der Waals surface area contributed by atoms with E-state index < -0.39 is 18.1 Å². The van der Waals surface area contributed by atoms with Crippen LogP contribution in [0.15, 0.2) is 78.9 Å². The van der Waals surface area contributed by atoms with Gasteiger partial charge < -0.3 is 19.5 Å². The Morgan fingerprint density at radius 3 is 2.00 bits per heavy atom. The van der Waals surface area contributed by atoms with Crippen LogP contribution in [0.25, 0.3) is 0 Å². The first-order valence-corrected chi connectivity index (χ1v) is 11.3. The molecule has 0 radical (unpaired) electrons. The lowest BCUT2D eigenvalue weighted by Crippen LogP contribution is -2.29. The van der Waals surface area contributed by atoms with Gasteiger partial charge in [0.1, 0.15) is 18.1 Å². The van der Waals surface area contributed by atoms with E-state index in [0.29, 0.717) is 25.5 Å². The predicted octanol–water partition coefficient (Wildman–Crippen LogP) is 5.00. The van der Waals surface area contributed by atoms with Gasteiger partial charge >= 0.3 is 18.1 Å². The second-order valence-electron chi connectivity index (χ2n) is 7.85. The molecule has 0 aliphatic rings. The van der Waals surface area contributed by atoms with Crippen molar-refractivity contribution in [3.05, 3.63) is 95.6 Å². The lowest BCUT2D eigenvalue weighted by atomic mass is 10.1. The van der Waals surface area contributed by atoms with Crippen molar-refractivity contribution in [2.45, 2.75) is 32.2 Å². The van der Waals surface area contributed by atoms with Crippen molar-refractivity contribution in [1.82, 2.24) is 5.32 Å². The topological polar surface area (TPSA) is 73.9 Å². The maximum atomic E-state index is 12.0. The van der Waals surface area contributed by atoms with E-state index in [0.717, 1.165) is 28.9 Å². The molecule has 0 bridgehead atoms. The number of carbonyl (C=O) groups excluding carboxylic acids is 2. The fraction of sp³-hybridized carbons (Fsp3) is 0.259. The molecule has 0 heterocycles. The quantitative estimate of drug-likeness (QED) is 0.214. The molecule has 0 aliphatic carbocycles. The second kappa shape index (κ2) is 13.3. The van der Waals surface area contributed by atoms with Gasteiger partial charge in [0.2, 0.25) is 0 Å². The average molecular weight is 502 g/mol. The molecule has 0 saturated carbocycles. The van der Waals surface area contributed by atoms with Gasteiger partial charge in [-0.05, 0) is 41.0 Å². The zero-order chi connectivity index (χ0) is 25.8. The Kier molecular flexibility index (Phi) is 9.88. The molecule has 190 valence electrons. The van der Waals surface area contributed by atoms with Crippen molar-refractivity contribution >= 4 is 11.9 Å². The molecular formula is C27H26F3NO5. The fourth-order valence-electron chi connectivity index (χ4n) is 3.12. The van der Waals surface area contributed by atoms with E-state index in [1.807, 2.05) is 78.9 Å². The Labute approximate surface area is 207 Å². The summed E-state index contributed by atoms with van der Waals surface area (Å²) in [5.41, 5.74) is 3.13. The average Bonchev–Trinajstić information content (AvgIpc) is 2.87. The third-order valence-corrected chi connectivity index (χ3v) is 5.03. The maximum Gasteiger partial charge on any atom is 0.491 e. The minimum Gasteiger partial charge on any atom is -0.493 e. The number of hydrogen-bond acceptors (Lipinski definition) is 6. The van der Waals surface area contributed by atoms with E-state index in [9.17, 15) is 22.8 Å². The number of ether oxygens (including phenoxy) is 3. The van der Waals surface area contributed by atoms with Crippen molar-refractivity contribution in [3.63, 3.8) is 0 Å². The Bertz CT molecular complexity index is 1100. The largest absolute Gasteiger partial charge is 0.493 e. The number of benzene rings is 3. The van der Waals surface area contributed by atoms with Crippen LogP contribution in [0.1, 0.15) is 23.1 Å². The van der Waals surface area contributed by atoms with Gasteiger partial charge in [-0.15, -0.1) is 0 Å². The molecule has 0 aromatic heterocycles. The molecule has 0 atom stereocenters. The van der Waals surface area contributed by atoms with E-state index in [1.54, 1.807) is 0 Å². The van der Waals surface area contributed by atoms with E-state index >= 15 is 0 Å². The molecule has 1 N–H and O–H groups in total. The highest BCUT2D eigenvalue weighted by Gasteiger charge is 2.42. The van der Waals surface area contributed by atoms with E-state index in [-0.39, 0.29) is 13.0 Å². The van der Waals surface area contributed by atoms with Crippen LogP contribution in [0.3, 0.4) is 0 Å². The zero-order valence-corrected chi connectivity index (χ0v) is 19.4. The molecule has 0 fully saturated rings. The van der Waals surface area contributed by atoms with Gasteiger partial charge in [0.15, 0.2) is 0 Å². The first-order valence-electron chi connectivity index (χ1n) is 11.3. The number of alkyl halides is 3. The van der Waals surface area contributed by atoms with Crippen molar-refractivity contribution in [1.29, 1.82) is 0 Å². The van der Waals surface area contributed by atoms with Crippen LogP contribution < -0.4 is 14.8 Å². The summed E-state index contributed by atoms with van der Waals surface area (Å²) in [6, 6.07) is 25.2. The van der Waals surface area contributed by atoms with Crippen molar-refractivity contribution in [2.24, 2.45) is 0 Å². The van der Waals surface area contributed by atoms with Crippen LogP contribution >= 0.6 is 0 Å². The van der Waals surface area contributed by atoms with Gasteiger partial charge in [-0.3, -0.25) is 4.79 Å². The maximum absolute atomic E-state index is 12.0. The molecule has 6 nitrogen and oxygen atoms in total. The van der Waals surface area contributed by atoms with E-state index in [4.69, 9.17) is 9.47 Å². The van der Waals surface area contributed by atoms with Gasteiger partial charge in [-0.25, -0.2) is 4.79 Å². The highest BCUT2D eigenvalue weighted by Crippen LogP contribution is 2.17. The summed E-state index contributed by atoms with van der Waals surface area (Å²) in [5.74, 6) is -2.23. The van der Waals surface area contributed by atoms with E-state index in [1.165, 1.54) is 0 Å². The molecule has 36 heavy (non-hydrogen) atoms. The van der Waals surface area contributed by atoms with Gasteiger partial charge in [-0.2, -0.15) is 13.2 Å². The molecule has 0 amide bonds. The van der Waals surface area contributed by atoms with Gasteiger partial charge in [-0.1, -0.05) is 54.6 Å². The first kappa shape index (κ1) is 26.7. The standard InChI is InChI=1S/C27H26F3NO5/c28-27(29,30)26(33)36-25(32)14-16-31-18-21-8-12-23(13-9-21)34-17-15-20-6-10-24(11-7-20)35-19-22-4-2-1-3-5-22/h1-13,31H,14-19H2. The van der Waals surface area contributed by atoms with Crippen LogP contribution in [0, 0.1) is 0 Å². The molecular weight excluding hydrogens is 475 g/mol. The third-order valence-electron chi connectivity index (χ3n) is 5.03. The van der Waals surface area contributed by atoms with Crippen LogP contribution in [-0.2, 0) is 33.9 Å². The second-order valence-corrected chi connectivity index (χ2v) is 7.85. The molecule has 9 heteroatoms. The Balaban J connectivity index is 1.31. The predicted molar refractivity (Wildman–Crippen MR) is 126 cm³/mol. The van der Waals surface area contributed by atoms with E-state index in [2.05, 4.69) is 10.1 Å². The third kappa shape index (κ3) is 9.42. The van der Waals surface area contributed by atoms with Crippen molar-refractivity contribution in [2.75, 3.05) is 13.2 Å². The Morgan fingerprint density at radius 1 is 0.750 bits per heavy atom. The van der Waals surface area contributed by atoms with Crippen molar-refractivity contribution < 1.29 is 37.0 Å². The molecule has 0 saturated heterocycles. The first-order chi connectivity index (χ1) is 17.3. The number of esters is 2. The molecule has 3 aromatic carbocycles. The van der Waals surface area contributed by atoms with Gasteiger partial charge in [0, 0.05) is 19.5 Å². The van der Waals surface area contributed by atoms with Gasteiger partial charge in [0.25, 0.3) is 0 Å². The van der Waals surface area contributed by atoms with Crippen LogP contribution in [0.4, 0.5) is 13.2 Å². The summed E-state index contributed by atoms with van der Waals surface area (Å²) in [4.78, 5) is 21.8. The smallest absolute Gasteiger partial charge is 0.491 e. The number of nitrogens with one attached hydrogen (secondary N) is 1. The lowest BCUT2D eigenvalue weighted by Gasteiger charge is -2.10. The van der Waals surface area contributed by atoms with Gasteiger partial charge in [0.05, 0.1) is 13.0 Å². The molecule has 0 spiro atoms. The van der Waals surface area contributed by atoms with Crippen LogP contribution in [0.5, 0.6) is 11.5 Å². The summed E-state index contributed by atoms with van der Waals surface area (Å²) in [5, 5.41) is 2.91. The van der Waals surface area contributed by atoms with Crippen LogP contribution in [-0.4, -0.2) is 31.3 Å². The fourth-order valence-corrected chi connectivity index (χ4v) is 3.12. The summed E-state index contributed by atoms with van der Waals surface area (Å²) < 4.78 is 51.4. The van der Waals surface area contributed by atoms with Crippen LogP contribution in [0.2, 0.25) is 0 Å². The molecule has 0 aliphatic heterocycles. The number of carbonyl (C=O) groups is 2. The molecule has 3 rings (SSSR count). The normalized spacial score (nSPS) is 11.1.